The van der Waals surface area contributed by atoms with Crippen LogP contribution in [0.4, 0.5) is 11.4 Å². The second-order valence-electron chi connectivity index (χ2n) is 7.44. The lowest BCUT2D eigenvalue weighted by Gasteiger charge is -2.18. The van der Waals surface area contributed by atoms with Crippen LogP contribution in [0.5, 0.6) is 0 Å². The molecular formula is C25H21ClN2O2. The highest BCUT2D eigenvalue weighted by molar-refractivity contribution is 6.46. The van der Waals surface area contributed by atoms with Crippen molar-refractivity contribution in [2.45, 2.75) is 20.8 Å². The summed E-state index contributed by atoms with van der Waals surface area (Å²) in [7, 11) is 0. The first-order valence-electron chi connectivity index (χ1n) is 9.65. The molecule has 0 spiro atoms. The summed E-state index contributed by atoms with van der Waals surface area (Å²) in [5.41, 5.74) is 5.36. The number of carbonyl (C=O) groups excluding carboxylic acids is 2. The Morgan fingerprint density at radius 3 is 2.23 bits per heavy atom. The molecule has 1 heterocycles. The van der Waals surface area contributed by atoms with E-state index in [2.05, 4.69) is 5.32 Å². The molecule has 0 bridgehead atoms. The summed E-state index contributed by atoms with van der Waals surface area (Å²) >= 11 is 6.08. The predicted octanol–water partition coefficient (Wildman–Crippen LogP) is 5.66. The number of nitrogens with one attached hydrogen (secondary N) is 1. The Bertz CT molecular complexity index is 1200. The first-order valence-corrected chi connectivity index (χ1v) is 10.0. The van der Waals surface area contributed by atoms with E-state index in [-0.39, 0.29) is 17.5 Å². The molecule has 0 saturated carbocycles. The van der Waals surface area contributed by atoms with E-state index in [4.69, 9.17) is 11.6 Å². The summed E-state index contributed by atoms with van der Waals surface area (Å²) < 4.78 is 0. The minimum Gasteiger partial charge on any atom is -0.350 e. The van der Waals surface area contributed by atoms with Crippen molar-refractivity contribution in [2.75, 3.05) is 10.2 Å². The van der Waals surface area contributed by atoms with Gasteiger partial charge in [0, 0.05) is 10.7 Å². The van der Waals surface area contributed by atoms with Gasteiger partial charge in [0.2, 0.25) is 0 Å². The number of carbonyl (C=O) groups is 2. The van der Waals surface area contributed by atoms with Crippen molar-refractivity contribution in [3.8, 4) is 0 Å². The fourth-order valence-corrected chi connectivity index (χ4v) is 3.83. The predicted molar refractivity (Wildman–Crippen MR) is 122 cm³/mol. The number of anilines is 2. The Morgan fingerprint density at radius 1 is 0.800 bits per heavy atom. The Morgan fingerprint density at radius 2 is 1.53 bits per heavy atom. The standard InChI is InChI=1S/C25H21ClN2O2/c1-15-9-10-16(2)21(13-15)28-24(29)22(18-7-5-4-6-8-18)23(25(28)30)27-20-12-11-19(26)14-17(20)3/h4-14,27H,1-3H3. The van der Waals surface area contributed by atoms with E-state index >= 15 is 0 Å². The molecule has 1 N–H and O–H groups in total. The molecule has 0 atom stereocenters. The van der Waals surface area contributed by atoms with Crippen molar-refractivity contribution < 1.29 is 9.59 Å². The number of halogens is 1. The monoisotopic (exact) mass is 416 g/mol. The van der Waals surface area contributed by atoms with Crippen molar-refractivity contribution in [1.29, 1.82) is 0 Å². The summed E-state index contributed by atoms with van der Waals surface area (Å²) in [6.07, 6.45) is 0. The Balaban J connectivity index is 1.86. The van der Waals surface area contributed by atoms with Gasteiger partial charge < -0.3 is 5.32 Å². The van der Waals surface area contributed by atoms with Gasteiger partial charge in [-0.25, -0.2) is 4.90 Å². The smallest absolute Gasteiger partial charge is 0.282 e. The number of imide groups is 1. The first kappa shape index (κ1) is 19.9. The van der Waals surface area contributed by atoms with Crippen molar-refractivity contribution in [3.05, 3.63) is 99.7 Å². The van der Waals surface area contributed by atoms with E-state index in [9.17, 15) is 9.59 Å². The second-order valence-corrected chi connectivity index (χ2v) is 7.87. The zero-order chi connectivity index (χ0) is 21.4. The maximum Gasteiger partial charge on any atom is 0.282 e. The molecular weight excluding hydrogens is 396 g/mol. The third kappa shape index (κ3) is 3.51. The van der Waals surface area contributed by atoms with E-state index in [0.29, 0.717) is 21.8 Å². The Kier molecular flexibility index (Phi) is 5.18. The summed E-state index contributed by atoms with van der Waals surface area (Å²) in [6, 6.07) is 20.4. The Labute approximate surface area is 180 Å². The molecule has 0 aliphatic carbocycles. The van der Waals surface area contributed by atoms with Crippen molar-refractivity contribution in [1.82, 2.24) is 0 Å². The molecule has 0 unspecified atom stereocenters. The van der Waals surface area contributed by atoms with Gasteiger partial charge in [0.25, 0.3) is 11.8 Å². The van der Waals surface area contributed by atoms with Crippen molar-refractivity contribution in [2.24, 2.45) is 0 Å². The lowest BCUT2D eigenvalue weighted by Crippen LogP contribution is -2.33. The molecule has 1 aliphatic rings. The zero-order valence-electron chi connectivity index (χ0n) is 17.0. The lowest BCUT2D eigenvalue weighted by atomic mass is 10.0. The molecule has 0 fully saturated rings. The minimum atomic E-state index is -0.373. The zero-order valence-corrected chi connectivity index (χ0v) is 17.7. The maximum absolute atomic E-state index is 13.5. The van der Waals surface area contributed by atoms with Crippen LogP contribution >= 0.6 is 11.6 Å². The van der Waals surface area contributed by atoms with Crippen LogP contribution in [0.2, 0.25) is 5.02 Å². The molecule has 3 aromatic carbocycles. The van der Waals surface area contributed by atoms with Gasteiger partial charge in [-0.05, 0) is 67.3 Å². The van der Waals surface area contributed by atoms with Crippen LogP contribution in [0.25, 0.3) is 5.57 Å². The van der Waals surface area contributed by atoms with Crippen LogP contribution in [0.1, 0.15) is 22.3 Å². The molecule has 30 heavy (non-hydrogen) atoms. The highest BCUT2D eigenvalue weighted by Gasteiger charge is 2.40. The maximum atomic E-state index is 13.5. The average Bonchev–Trinajstić information content (AvgIpc) is 2.96. The average molecular weight is 417 g/mol. The van der Waals surface area contributed by atoms with Gasteiger partial charge in [-0.2, -0.15) is 0 Å². The normalized spacial score (nSPS) is 13.9. The summed E-state index contributed by atoms with van der Waals surface area (Å²) in [4.78, 5) is 28.3. The van der Waals surface area contributed by atoms with Crippen LogP contribution in [0, 0.1) is 20.8 Å². The molecule has 3 aromatic rings. The quantitative estimate of drug-likeness (QED) is 0.558. The van der Waals surface area contributed by atoms with Gasteiger partial charge in [0.05, 0.1) is 11.3 Å². The fraction of sp³-hybridized carbons (Fsp3) is 0.120. The topological polar surface area (TPSA) is 49.4 Å². The third-order valence-corrected chi connectivity index (χ3v) is 5.44. The number of benzene rings is 3. The molecule has 1 aliphatic heterocycles. The van der Waals surface area contributed by atoms with Gasteiger partial charge in [-0.1, -0.05) is 54.1 Å². The van der Waals surface area contributed by atoms with Gasteiger partial charge >= 0.3 is 0 Å². The van der Waals surface area contributed by atoms with E-state index < -0.39 is 0 Å². The Hall–Kier alpha value is -3.37. The molecule has 0 saturated heterocycles. The van der Waals surface area contributed by atoms with Gasteiger partial charge in [-0.3, -0.25) is 9.59 Å². The molecule has 0 aromatic heterocycles. The van der Waals surface area contributed by atoms with Gasteiger partial charge in [0.15, 0.2) is 0 Å². The highest BCUT2D eigenvalue weighted by Crippen LogP contribution is 2.36. The number of hydrogen-bond acceptors (Lipinski definition) is 3. The van der Waals surface area contributed by atoms with E-state index in [1.165, 1.54) is 4.90 Å². The lowest BCUT2D eigenvalue weighted by molar-refractivity contribution is -0.120. The molecule has 0 radical (unpaired) electrons. The SMILES string of the molecule is Cc1ccc(C)c(N2C(=O)C(Nc3ccc(Cl)cc3C)=C(c3ccccc3)C2=O)c1. The van der Waals surface area contributed by atoms with Crippen LogP contribution in [-0.4, -0.2) is 11.8 Å². The van der Waals surface area contributed by atoms with Gasteiger partial charge in [-0.15, -0.1) is 0 Å². The molecule has 4 rings (SSSR count). The van der Waals surface area contributed by atoms with Crippen LogP contribution < -0.4 is 10.2 Å². The van der Waals surface area contributed by atoms with Crippen molar-refractivity contribution in [3.63, 3.8) is 0 Å². The van der Waals surface area contributed by atoms with Crippen LogP contribution in [-0.2, 0) is 9.59 Å². The second kappa shape index (κ2) is 7.81. The summed E-state index contributed by atoms with van der Waals surface area (Å²) in [6.45, 7) is 5.74. The van der Waals surface area contributed by atoms with E-state index in [1.807, 2.05) is 81.4 Å². The number of amides is 2. The molecule has 2 amide bonds. The largest absolute Gasteiger partial charge is 0.350 e. The number of rotatable bonds is 4. The molecule has 5 heteroatoms. The van der Waals surface area contributed by atoms with Crippen LogP contribution in [0.15, 0.2) is 72.4 Å². The van der Waals surface area contributed by atoms with Crippen LogP contribution in [0.3, 0.4) is 0 Å². The fourth-order valence-electron chi connectivity index (χ4n) is 3.60. The van der Waals surface area contributed by atoms with Crippen molar-refractivity contribution >= 4 is 40.4 Å². The number of aryl methyl sites for hydroxylation is 3. The molecule has 4 nitrogen and oxygen atoms in total. The van der Waals surface area contributed by atoms with E-state index in [1.54, 1.807) is 6.07 Å². The first-order chi connectivity index (χ1) is 14.4. The van der Waals surface area contributed by atoms with E-state index in [0.717, 1.165) is 22.4 Å². The number of nitrogens with zero attached hydrogens (tertiary/aromatic N) is 1. The summed E-state index contributed by atoms with van der Waals surface area (Å²) in [5, 5.41) is 3.82. The number of hydrogen-bond donors (Lipinski definition) is 1. The third-order valence-electron chi connectivity index (χ3n) is 5.20. The highest BCUT2D eigenvalue weighted by atomic mass is 35.5. The minimum absolute atomic E-state index is 0.262. The summed E-state index contributed by atoms with van der Waals surface area (Å²) in [5.74, 6) is -0.712. The molecule has 150 valence electrons. The van der Waals surface area contributed by atoms with Gasteiger partial charge in [0.1, 0.15) is 5.70 Å².